The van der Waals surface area contributed by atoms with Crippen LogP contribution in [0.2, 0.25) is 0 Å². The average Bonchev–Trinajstić information content (AvgIpc) is 3.21. The number of nitrogens with zero attached hydrogens (tertiary/aromatic N) is 1. The summed E-state index contributed by atoms with van der Waals surface area (Å²) >= 11 is 0. The molecule has 5 nitrogen and oxygen atoms in total. The number of piperidine rings is 1. The van der Waals surface area contributed by atoms with Crippen LogP contribution in [-0.2, 0) is 11.3 Å². The van der Waals surface area contributed by atoms with Gasteiger partial charge in [-0.1, -0.05) is 29.8 Å². The minimum atomic E-state index is -0.0386. The number of H-pyrrole nitrogens is 1. The third-order valence-electron chi connectivity index (χ3n) is 4.89. The molecule has 0 unspecified atom stereocenters. The van der Waals surface area contributed by atoms with Gasteiger partial charge in [0.1, 0.15) is 12.3 Å². The lowest BCUT2D eigenvalue weighted by atomic mass is 9.97. The molecule has 0 saturated carbocycles. The number of rotatable bonds is 7. The van der Waals surface area contributed by atoms with Crippen LogP contribution >= 0.6 is 0 Å². The first-order valence-electron chi connectivity index (χ1n) is 9.15. The summed E-state index contributed by atoms with van der Waals surface area (Å²) in [5, 5.41) is 3.01. The molecule has 1 aromatic heterocycles. The Kier molecular flexibility index (Phi) is 6.00. The van der Waals surface area contributed by atoms with Gasteiger partial charge in [-0.25, -0.2) is 0 Å². The Hall–Kier alpha value is -2.69. The monoisotopic (exact) mass is 353 g/mol. The number of carbonyl (C=O) groups excluding carboxylic acids is 1. The second-order valence-corrected chi connectivity index (χ2v) is 6.89. The van der Waals surface area contributed by atoms with Gasteiger partial charge in [0.2, 0.25) is 0 Å². The zero-order chi connectivity index (χ0) is 18.4. The van der Waals surface area contributed by atoms with Crippen LogP contribution in [0, 0.1) is 12.8 Å². The minimum absolute atomic E-state index is 0.0386. The third-order valence-corrected chi connectivity index (χ3v) is 4.89. The molecule has 1 aliphatic heterocycles. The van der Waals surface area contributed by atoms with Crippen molar-refractivity contribution in [2.24, 2.45) is 5.92 Å². The molecule has 1 aliphatic rings. The normalized spacial score (nSPS) is 14.9. The molecule has 0 bridgehead atoms. The van der Waals surface area contributed by atoms with Crippen LogP contribution in [0.3, 0.4) is 0 Å². The van der Waals surface area contributed by atoms with Gasteiger partial charge in [0.25, 0.3) is 5.91 Å². The molecule has 2 N–H and O–H groups in total. The molecule has 26 heavy (non-hydrogen) atoms. The Balaban J connectivity index is 1.37. The van der Waals surface area contributed by atoms with Gasteiger partial charge < -0.3 is 19.9 Å². The smallest absolute Gasteiger partial charge is 0.267 e. The molecule has 0 aliphatic carbocycles. The van der Waals surface area contributed by atoms with Crippen molar-refractivity contribution >= 4 is 5.91 Å². The summed E-state index contributed by atoms with van der Waals surface area (Å²) in [6.45, 7) is 9.23. The molecule has 2 heterocycles. The summed E-state index contributed by atoms with van der Waals surface area (Å²) in [6, 6.07) is 12.0. The fourth-order valence-electron chi connectivity index (χ4n) is 3.13. The number of hydrogen-bond acceptors (Lipinski definition) is 3. The van der Waals surface area contributed by atoms with E-state index in [0.29, 0.717) is 24.8 Å². The number of carbonyl (C=O) groups is 1. The molecule has 1 amide bonds. The molecule has 3 rings (SSSR count). The van der Waals surface area contributed by atoms with Crippen LogP contribution in [-0.4, -0.2) is 35.4 Å². The second kappa shape index (κ2) is 8.61. The van der Waals surface area contributed by atoms with Crippen LogP contribution in [0.1, 0.15) is 34.5 Å². The van der Waals surface area contributed by atoms with E-state index in [0.717, 1.165) is 37.4 Å². The number of ether oxygens (including phenoxy) is 1. The van der Waals surface area contributed by atoms with E-state index in [1.54, 1.807) is 12.3 Å². The quantitative estimate of drug-likeness (QED) is 0.750. The fraction of sp³-hybridized carbons (Fsp3) is 0.381. The van der Waals surface area contributed by atoms with Gasteiger partial charge in [0.05, 0.1) is 0 Å². The van der Waals surface area contributed by atoms with Crippen molar-refractivity contribution < 1.29 is 9.53 Å². The van der Waals surface area contributed by atoms with Crippen molar-refractivity contribution in [3.8, 4) is 0 Å². The van der Waals surface area contributed by atoms with E-state index in [4.69, 9.17) is 4.74 Å². The minimum Gasteiger partial charge on any atom is -0.475 e. The van der Waals surface area contributed by atoms with Gasteiger partial charge in [-0.15, -0.1) is 0 Å². The topological polar surface area (TPSA) is 57.4 Å². The lowest BCUT2D eigenvalue weighted by molar-refractivity contribution is 0.0780. The van der Waals surface area contributed by atoms with Crippen molar-refractivity contribution in [3.63, 3.8) is 0 Å². The van der Waals surface area contributed by atoms with Crippen molar-refractivity contribution in [1.82, 2.24) is 15.2 Å². The number of aryl methyl sites for hydroxylation is 1. The van der Waals surface area contributed by atoms with Crippen LogP contribution in [0.15, 0.2) is 55.1 Å². The molecule has 0 atom stereocenters. The summed E-state index contributed by atoms with van der Waals surface area (Å²) in [6.07, 6.45) is 3.81. The zero-order valence-electron chi connectivity index (χ0n) is 15.3. The summed E-state index contributed by atoms with van der Waals surface area (Å²) in [5.41, 5.74) is 3.01. The number of aromatic nitrogens is 1. The first-order chi connectivity index (χ1) is 12.6. The van der Waals surface area contributed by atoms with E-state index in [1.807, 2.05) is 6.07 Å². The number of nitrogens with one attached hydrogen (secondary N) is 2. The molecule has 138 valence electrons. The van der Waals surface area contributed by atoms with Gasteiger partial charge in [-0.05, 0) is 50.0 Å². The molecule has 1 fully saturated rings. The van der Waals surface area contributed by atoms with Gasteiger partial charge in [0.15, 0.2) is 5.88 Å². The molecular formula is C21H27N3O2. The first kappa shape index (κ1) is 18.1. The molecule has 1 saturated heterocycles. The Morgan fingerprint density at radius 1 is 1.27 bits per heavy atom. The Bertz CT molecular complexity index is 714. The predicted molar refractivity (Wildman–Crippen MR) is 103 cm³/mol. The van der Waals surface area contributed by atoms with E-state index >= 15 is 0 Å². The summed E-state index contributed by atoms with van der Waals surface area (Å²) in [4.78, 5) is 17.1. The molecule has 0 radical (unpaired) electrons. The van der Waals surface area contributed by atoms with Crippen LogP contribution < -0.4 is 5.32 Å². The Labute approximate surface area is 155 Å². The average molecular weight is 353 g/mol. The SMILES string of the molecule is C=C(OCc1ccc(C)cc1)N1CCC(CNC(=O)c2ccc[nH]2)CC1. The highest BCUT2D eigenvalue weighted by molar-refractivity contribution is 5.92. The second-order valence-electron chi connectivity index (χ2n) is 6.89. The van der Waals surface area contributed by atoms with E-state index < -0.39 is 0 Å². The van der Waals surface area contributed by atoms with Gasteiger partial charge in [-0.2, -0.15) is 0 Å². The van der Waals surface area contributed by atoms with Crippen LogP contribution in [0.5, 0.6) is 0 Å². The Morgan fingerprint density at radius 2 is 2.00 bits per heavy atom. The van der Waals surface area contributed by atoms with Crippen LogP contribution in [0.4, 0.5) is 0 Å². The maximum atomic E-state index is 12.0. The van der Waals surface area contributed by atoms with E-state index in [2.05, 4.69) is 53.0 Å². The summed E-state index contributed by atoms with van der Waals surface area (Å²) in [5.74, 6) is 1.19. The Morgan fingerprint density at radius 3 is 2.65 bits per heavy atom. The molecule has 5 heteroatoms. The number of aromatic amines is 1. The first-order valence-corrected chi connectivity index (χ1v) is 9.15. The largest absolute Gasteiger partial charge is 0.475 e. The maximum absolute atomic E-state index is 12.0. The highest BCUT2D eigenvalue weighted by Crippen LogP contribution is 2.20. The van der Waals surface area contributed by atoms with Crippen LogP contribution in [0.25, 0.3) is 0 Å². The van der Waals surface area contributed by atoms with E-state index in [1.165, 1.54) is 5.56 Å². The molecule has 2 aromatic rings. The number of hydrogen-bond donors (Lipinski definition) is 2. The van der Waals surface area contributed by atoms with Gasteiger partial charge in [0, 0.05) is 25.8 Å². The van der Waals surface area contributed by atoms with Crippen molar-refractivity contribution in [2.75, 3.05) is 19.6 Å². The molecule has 0 spiro atoms. The highest BCUT2D eigenvalue weighted by Gasteiger charge is 2.21. The van der Waals surface area contributed by atoms with Crippen molar-refractivity contribution in [2.45, 2.75) is 26.4 Å². The fourth-order valence-corrected chi connectivity index (χ4v) is 3.13. The van der Waals surface area contributed by atoms with E-state index in [9.17, 15) is 4.79 Å². The maximum Gasteiger partial charge on any atom is 0.267 e. The zero-order valence-corrected chi connectivity index (χ0v) is 15.3. The lowest BCUT2D eigenvalue weighted by Crippen LogP contribution is -2.38. The van der Waals surface area contributed by atoms with Crippen molar-refractivity contribution in [3.05, 3.63) is 71.9 Å². The summed E-state index contributed by atoms with van der Waals surface area (Å²) < 4.78 is 5.85. The van der Waals surface area contributed by atoms with E-state index in [-0.39, 0.29) is 5.91 Å². The molecule has 1 aromatic carbocycles. The number of likely N-dealkylation sites (tertiary alicyclic amines) is 1. The summed E-state index contributed by atoms with van der Waals surface area (Å²) in [7, 11) is 0. The standard InChI is InChI=1S/C21H27N3O2/c1-16-5-7-19(8-6-16)15-26-17(2)24-12-9-18(10-13-24)14-23-21(25)20-4-3-11-22-20/h3-8,11,18,22H,2,9-10,12-15H2,1H3,(H,23,25). The number of amides is 1. The highest BCUT2D eigenvalue weighted by atomic mass is 16.5. The van der Waals surface area contributed by atoms with Gasteiger partial charge in [-0.3, -0.25) is 4.79 Å². The predicted octanol–water partition coefficient (Wildman–Crippen LogP) is 3.45. The third kappa shape index (κ3) is 4.91. The molecular weight excluding hydrogens is 326 g/mol. The van der Waals surface area contributed by atoms with Crippen molar-refractivity contribution in [1.29, 1.82) is 0 Å². The lowest BCUT2D eigenvalue weighted by Gasteiger charge is -2.34. The van der Waals surface area contributed by atoms with Gasteiger partial charge >= 0.3 is 0 Å². The number of benzene rings is 1.